The molecule has 168 valence electrons. The minimum atomic E-state index is -3.99. The van der Waals surface area contributed by atoms with E-state index in [1.165, 1.54) is 18.2 Å². The Labute approximate surface area is 197 Å². The highest BCUT2D eigenvalue weighted by molar-refractivity contribution is 7.89. The molecule has 6 nitrogen and oxygen atoms in total. The maximum Gasteiger partial charge on any atom is 0.242 e. The van der Waals surface area contributed by atoms with Gasteiger partial charge in [-0.1, -0.05) is 53.5 Å². The van der Waals surface area contributed by atoms with Crippen molar-refractivity contribution in [3.05, 3.63) is 88.4 Å². The number of nitrogens with one attached hydrogen (secondary N) is 2. The van der Waals surface area contributed by atoms with Gasteiger partial charge < -0.3 is 10.1 Å². The summed E-state index contributed by atoms with van der Waals surface area (Å²) in [4.78, 5) is 13.1. The molecule has 0 aliphatic carbocycles. The second-order valence-electron chi connectivity index (χ2n) is 6.88. The fraction of sp³-hybridized carbons (Fsp3) is 0.174. The molecule has 0 fully saturated rings. The van der Waals surface area contributed by atoms with E-state index in [0.717, 1.165) is 5.56 Å². The first-order valence-corrected chi connectivity index (χ1v) is 12.1. The second-order valence-corrected chi connectivity index (χ2v) is 9.44. The van der Waals surface area contributed by atoms with E-state index in [9.17, 15) is 13.2 Å². The summed E-state index contributed by atoms with van der Waals surface area (Å²) in [5.74, 6) is -0.00634. The summed E-state index contributed by atoms with van der Waals surface area (Å²) in [7, 11) is -3.99. The number of halogens is 2. The predicted molar refractivity (Wildman–Crippen MR) is 127 cm³/mol. The predicted octanol–water partition coefficient (Wildman–Crippen LogP) is 4.92. The van der Waals surface area contributed by atoms with Gasteiger partial charge in [0, 0.05) is 5.02 Å². The van der Waals surface area contributed by atoms with Crippen molar-refractivity contribution in [2.75, 3.05) is 11.9 Å². The zero-order valence-corrected chi connectivity index (χ0v) is 19.5. The maximum atomic E-state index is 13.1. The largest absolute Gasteiger partial charge is 0.494 e. The number of rotatable bonds is 9. The van der Waals surface area contributed by atoms with E-state index in [1.54, 1.807) is 24.3 Å². The third-order valence-corrected chi connectivity index (χ3v) is 6.58. The number of benzene rings is 3. The molecular formula is C23H22Cl2N2O4S. The van der Waals surface area contributed by atoms with Gasteiger partial charge >= 0.3 is 0 Å². The maximum absolute atomic E-state index is 13.1. The first-order chi connectivity index (χ1) is 15.3. The van der Waals surface area contributed by atoms with Gasteiger partial charge in [-0.25, -0.2) is 8.42 Å². The van der Waals surface area contributed by atoms with Crippen LogP contribution in [0.3, 0.4) is 0 Å². The number of hydrogen-bond donors (Lipinski definition) is 2. The minimum Gasteiger partial charge on any atom is -0.494 e. The van der Waals surface area contributed by atoms with E-state index >= 15 is 0 Å². The molecule has 1 amide bonds. The van der Waals surface area contributed by atoms with Crippen molar-refractivity contribution in [1.82, 2.24) is 4.72 Å². The number of sulfonamides is 1. The molecule has 3 aromatic carbocycles. The number of carbonyl (C=O) groups excluding carboxylic acids is 1. The van der Waals surface area contributed by atoms with Gasteiger partial charge in [0.25, 0.3) is 0 Å². The normalized spacial score (nSPS) is 12.2. The highest BCUT2D eigenvalue weighted by atomic mass is 35.5. The summed E-state index contributed by atoms with van der Waals surface area (Å²) >= 11 is 12.2. The molecule has 0 aromatic heterocycles. The molecule has 0 unspecified atom stereocenters. The summed E-state index contributed by atoms with van der Waals surface area (Å²) in [6.07, 6.45) is 0.140. The topological polar surface area (TPSA) is 84.5 Å². The quantitative estimate of drug-likeness (QED) is 0.443. The molecule has 0 saturated heterocycles. The third kappa shape index (κ3) is 6.46. The SMILES string of the molecule is CCOc1ccc(S(=O)(=O)N[C@H](Cc2ccccc2)C(=O)Nc2cc(Cl)ccc2Cl)cc1. The smallest absolute Gasteiger partial charge is 0.242 e. The van der Waals surface area contributed by atoms with Crippen molar-refractivity contribution in [2.24, 2.45) is 0 Å². The van der Waals surface area contributed by atoms with Crippen LogP contribution < -0.4 is 14.8 Å². The number of ether oxygens (including phenoxy) is 1. The monoisotopic (exact) mass is 492 g/mol. The van der Waals surface area contributed by atoms with Crippen LogP contribution in [0.4, 0.5) is 5.69 Å². The van der Waals surface area contributed by atoms with Crippen LogP contribution >= 0.6 is 23.2 Å². The molecule has 0 aliphatic rings. The average molecular weight is 493 g/mol. The summed E-state index contributed by atoms with van der Waals surface area (Å²) in [5, 5.41) is 3.34. The molecule has 0 heterocycles. The molecule has 0 bridgehead atoms. The van der Waals surface area contributed by atoms with E-state index in [4.69, 9.17) is 27.9 Å². The fourth-order valence-corrected chi connectivity index (χ4v) is 4.52. The van der Waals surface area contributed by atoms with Crippen LogP contribution in [0.1, 0.15) is 12.5 Å². The van der Waals surface area contributed by atoms with Crippen molar-refractivity contribution in [2.45, 2.75) is 24.3 Å². The summed E-state index contributed by atoms with van der Waals surface area (Å²) in [6, 6.07) is 18.7. The Hall–Kier alpha value is -2.58. The highest BCUT2D eigenvalue weighted by Gasteiger charge is 2.27. The van der Waals surface area contributed by atoms with Crippen LogP contribution in [0.5, 0.6) is 5.75 Å². The molecule has 0 aliphatic heterocycles. The van der Waals surface area contributed by atoms with Gasteiger partial charge in [0.15, 0.2) is 0 Å². The number of hydrogen-bond acceptors (Lipinski definition) is 4. The van der Waals surface area contributed by atoms with Crippen molar-refractivity contribution in [1.29, 1.82) is 0 Å². The van der Waals surface area contributed by atoms with Gasteiger partial charge in [0.05, 0.1) is 22.2 Å². The van der Waals surface area contributed by atoms with E-state index in [-0.39, 0.29) is 16.3 Å². The Bertz CT molecular complexity index is 1170. The van der Waals surface area contributed by atoms with E-state index in [1.807, 2.05) is 37.3 Å². The van der Waals surface area contributed by atoms with Gasteiger partial charge in [0.1, 0.15) is 11.8 Å². The zero-order chi connectivity index (χ0) is 23.1. The van der Waals surface area contributed by atoms with E-state index < -0.39 is 22.0 Å². The van der Waals surface area contributed by atoms with Gasteiger partial charge in [-0.15, -0.1) is 0 Å². The Balaban J connectivity index is 1.86. The molecule has 9 heteroatoms. The molecule has 0 saturated carbocycles. The van der Waals surface area contributed by atoms with E-state index in [2.05, 4.69) is 10.0 Å². The second kappa shape index (κ2) is 10.8. The van der Waals surface area contributed by atoms with Crippen LogP contribution in [-0.2, 0) is 21.2 Å². The standard InChI is InChI=1S/C23H22Cl2N2O4S/c1-2-31-18-9-11-19(12-10-18)32(29,30)27-22(14-16-6-4-3-5-7-16)23(28)26-21-15-17(24)8-13-20(21)25/h3-13,15,22,27H,2,14H2,1H3,(H,26,28)/t22-/m1/s1. The molecule has 1 atom stereocenters. The van der Waals surface area contributed by atoms with Crippen LogP contribution in [-0.4, -0.2) is 27.0 Å². The lowest BCUT2D eigenvalue weighted by Crippen LogP contribution is -2.45. The minimum absolute atomic E-state index is 0.0209. The van der Waals surface area contributed by atoms with Crippen molar-refractivity contribution in [3.63, 3.8) is 0 Å². The summed E-state index contributed by atoms with van der Waals surface area (Å²) < 4.78 is 33.9. The Morgan fingerprint density at radius 1 is 1.00 bits per heavy atom. The van der Waals surface area contributed by atoms with E-state index in [0.29, 0.717) is 23.1 Å². The average Bonchev–Trinajstić information content (AvgIpc) is 2.77. The molecule has 3 aromatic rings. The summed E-state index contributed by atoms with van der Waals surface area (Å²) in [6.45, 7) is 2.31. The van der Waals surface area contributed by atoms with Crippen LogP contribution in [0.2, 0.25) is 10.0 Å². The van der Waals surface area contributed by atoms with Gasteiger partial charge in [-0.3, -0.25) is 4.79 Å². The van der Waals surface area contributed by atoms with Crippen molar-refractivity contribution >= 4 is 44.8 Å². The van der Waals surface area contributed by atoms with Crippen LogP contribution in [0.25, 0.3) is 0 Å². The first kappa shape index (κ1) is 24.1. The van der Waals surface area contributed by atoms with Gasteiger partial charge in [0.2, 0.25) is 15.9 Å². The number of amides is 1. The van der Waals surface area contributed by atoms with Gasteiger partial charge in [-0.2, -0.15) is 4.72 Å². The van der Waals surface area contributed by atoms with Gasteiger partial charge in [-0.05, 0) is 61.4 Å². The Kier molecular flexibility index (Phi) is 8.15. The van der Waals surface area contributed by atoms with Crippen LogP contribution in [0.15, 0.2) is 77.7 Å². The number of anilines is 1. The lowest BCUT2D eigenvalue weighted by molar-refractivity contribution is -0.117. The molecule has 3 rings (SSSR count). The lowest BCUT2D eigenvalue weighted by Gasteiger charge is -2.19. The van der Waals surface area contributed by atoms with Crippen molar-refractivity contribution < 1.29 is 17.9 Å². The number of carbonyl (C=O) groups is 1. The Morgan fingerprint density at radius 3 is 2.34 bits per heavy atom. The zero-order valence-electron chi connectivity index (χ0n) is 17.2. The summed E-state index contributed by atoms with van der Waals surface area (Å²) in [5.41, 5.74) is 1.08. The van der Waals surface area contributed by atoms with Crippen molar-refractivity contribution in [3.8, 4) is 5.75 Å². The molecular weight excluding hydrogens is 471 g/mol. The first-order valence-electron chi connectivity index (χ1n) is 9.83. The van der Waals surface area contributed by atoms with Crippen LogP contribution in [0, 0.1) is 0 Å². The highest BCUT2D eigenvalue weighted by Crippen LogP contribution is 2.26. The molecule has 32 heavy (non-hydrogen) atoms. The molecule has 2 N–H and O–H groups in total. The Morgan fingerprint density at radius 2 is 1.69 bits per heavy atom. The fourth-order valence-electron chi connectivity index (χ4n) is 2.99. The lowest BCUT2D eigenvalue weighted by atomic mass is 10.1. The molecule has 0 radical (unpaired) electrons. The molecule has 0 spiro atoms. The third-order valence-electron chi connectivity index (χ3n) is 4.53.